The molecule has 0 saturated carbocycles. The van der Waals surface area contributed by atoms with Crippen molar-refractivity contribution in [3.63, 3.8) is 0 Å². The van der Waals surface area contributed by atoms with Crippen molar-refractivity contribution in [3.8, 4) is 0 Å². The summed E-state index contributed by atoms with van der Waals surface area (Å²) in [6.07, 6.45) is 0. The molecule has 0 radical (unpaired) electrons. The van der Waals surface area contributed by atoms with E-state index in [1.165, 1.54) is 0 Å². The van der Waals surface area contributed by atoms with Gasteiger partial charge in [-0.1, -0.05) is 0 Å². The molecule has 17 heavy (non-hydrogen) atoms. The summed E-state index contributed by atoms with van der Waals surface area (Å²) in [5, 5.41) is 8.30. The third kappa shape index (κ3) is 25.8. The Labute approximate surface area is 105 Å². The van der Waals surface area contributed by atoms with Crippen molar-refractivity contribution in [2.45, 2.75) is 26.4 Å². The summed E-state index contributed by atoms with van der Waals surface area (Å²) >= 11 is 0. The normalized spacial score (nSPS) is 10.9. The lowest BCUT2D eigenvalue weighted by atomic mass is 10.2. The molecule has 0 heterocycles. The van der Waals surface area contributed by atoms with Gasteiger partial charge in [-0.3, -0.25) is 0 Å². The second-order valence-corrected chi connectivity index (χ2v) is 4.28. The molecule has 0 unspecified atom stereocenters. The Balaban J connectivity index is 0. The van der Waals surface area contributed by atoms with Crippen LogP contribution in [0.5, 0.6) is 0 Å². The van der Waals surface area contributed by atoms with Crippen molar-refractivity contribution < 1.29 is 24.1 Å². The SMILES string of the molecule is CC(C)(C)OCCO.COCCOCCOC. The minimum absolute atomic E-state index is 0.108. The van der Waals surface area contributed by atoms with Crippen LogP contribution >= 0.6 is 0 Å². The molecule has 0 atom stereocenters. The lowest BCUT2D eigenvalue weighted by Gasteiger charge is -2.18. The van der Waals surface area contributed by atoms with Gasteiger partial charge in [0, 0.05) is 14.2 Å². The summed E-state index contributed by atoms with van der Waals surface area (Å²) < 4.78 is 19.7. The number of ether oxygens (including phenoxy) is 4. The summed E-state index contributed by atoms with van der Waals surface area (Å²) in [6, 6.07) is 0. The van der Waals surface area contributed by atoms with Gasteiger partial charge in [-0.2, -0.15) is 0 Å². The Morgan fingerprint density at radius 2 is 1.29 bits per heavy atom. The maximum absolute atomic E-state index is 8.30. The van der Waals surface area contributed by atoms with Crippen LogP contribution in [-0.4, -0.2) is 64.6 Å². The molecule has 0 bridgehead atoms. The molecule has 0 aromatic rings. The van der Waals surface area contributed by atoms with E-state index in [4.69, 9.17) is 24.1 Å². The molecule has 1 N–H and O–H groups in total. The molecule has 0 amide bonds. The molecule has 0 aliphatic carbocycles. The van der Waals surface area contributed by atoms with Gasteiger partial charge in [0.1, 0.15) is 0 Å². The standard InChI is InChI=1S/C6H14O3.C6H14O2/c1-7-3-5-9-6-4-8-2;1-6(2,3)8-5-4-7/h3-6H2,1-2H3;7H,4-5H2,1-3H3. The van der Waals surface area contributed by atoms with E-state index < -0.39 is 0 Å². The number of hydrogen-bond acceptors (Lipinski definition) is 5. The highest BCUT2D eigenvalue weighted by atomic mass is 16.5. The van der Waals surface area contributed by atoms with Crippen molar-refractivity contribution in [3.05, 3.63) is 0 Å². The highest BCUT2D eigenvalue weighted by Gasteiger charge is 2.07. The predicted molar refractivity (Wildman–Crippen MR) is 67.4 cm³/mol. The molecule has 5 nitrogen and oxygen atoms in total. The molecule has 0 aliphatic heterocycles. The summed E-state index contributed by atoms with van der Waals surface area (Å²) in [6.45, 7) is 9.04. The maximum atomic E-state index is 8.30. The van der Waals surface area contributed by atoms with Crippen molar-refractivity contribution >= 4 is 0 Å². The molecule has 0 aromatic carbocycles. The lowest BCUT2D eigenvalue weighted by Crippen LogP contribution is -2.20. The van der Waals surface area contributed by atoms with Crippen LogP contribution in [-0.2, 0) is 18.9 Å². The van der Waals surface area contributed by atoms with E-state index in [0.717, 1.165) is 0 Å². The van der Waals surface area contributed by atoms with Gasteiger partial charge in [0.05, 0.1) is 45.2 Å². The number of aliphatic hydroxyl groups is 1. The number of methoxy groups -OCH3 is 2. The van der Waals surface area contributed by atoms with Crippen LogP contribution in [0, 0.1) is 0 Å². The molecule has 0 saturated heterocycles. The molecule has 106 valence electrons. The molecule has 0 aromatic heterocycles. The average molecular weight is 252 g/mol. The van der Waals surface area contributed by atoms with E-state index in [1.54, 1.807) is 14.2 Å². The highest BCUT2D eigenvalue weighted by molar-refractivity contribution is 4.57. The zero-order chi connectivity index (χ0) is 13.6. The van der Waals surface area contributed by atoms with E-state index in [9.17, 15) is 0 Å². The molecular formula is C12H28O5. The van der Waals surface area contributed by atoms with E-state index in [-0.39, 0.29) is 12.2 Å². The second-order valence-electron chi connectivity index (χ2n) is 4.28. The molecule has 0 aliphatic rings. The zero-order valence-electron chi connectivity index (χ0n) is 11.8. The van der Waals surface area contributed by atoms with Gasteiger partial charge in [0.2, 0.25) is 0 Å². The van der Waals surface area contributed by atoms with Crippen LogP contribution in [0.25, 0.3) is 0 Å². The van der Waals surface area contributed by atoms with Crippen LogP contribution in [0.1, 0.15) is 20.8 Å². The van der Waals surface area contributed by atoms with Crippen LogP contribution in [0.2, 0.25) is 0 Å². The van der Waals surface area contributed by atoms with Crippen molar-refractivity contribution in [2.75, 3.05) is 53.9 Å². The fraction of sp³-hybridized carbons (Fsp3) is 1.00. The first kappa shape index (κ1) is 19.1. The smallest absolute Gasteiger partial charge is 0.0704 e. The van der Waals surface area contributed by atoms with Crippen LogP contribution in [0.4, 0.5) is 0 Å². The van der Waals surface area contributed by atoms with E-state index >= 15 is 0 Å². The van der Waals surface area contributed by atoms with Gasteiger partial charge in [0.15, 0.2) is 0 Å². The summed E-state index contributed by atoms with van der Waals surface area (Å²) in [5.41, 5.74) is -0.108. The minimum Gasteiger partial charge on any atom is -0.394 e. The number of rotatable bonds is 8. The van der Waals surface area contributed by atoms with Crippen LogP contribution in [0.15, 0.2) is 0 Å². The third-order valence-electron chi connectivity index (χ3n) is 1.49. The fourth-order valence-electron chi connectivity index (χ4n) is 0.738. The first-order valence-electron chi connectivity index (χ1n) is 5.78. The Morgan fingerprint density at radius 3 is 1.53 bits per heavy atom. The predicted octanol–water partition coefficient (Wildman–Crippen LogP) is 1.09. The Bertz CT molecular complexity index is 127. The molecule has 5 heteroatoms. The van der Waals surface area contributed by atoms with Crippen molar-refractivity contribution in [2.24, 2.45) is 0 Å². The van der Waals surface area contributed by atoms with Crippen molar-refractivity contribution in [1.29, 1.82) is 0 Å². The van der Waals surface area contributed by atoms with Gasteiger partial charge in [-0.15, -0.1) is 0 Å². The number of hydrogen-bond donors (Lipinski definition) is 1. The first-order chi connectivity index (χ1) is 7.97. The number of aliphatic hydroxyl groups excluding tert-OH is 1. The van der Waals surface area contributed by atoms with Gasteiger partial charge in [0.25, 0.3) is 0 Å². The van der Waals surface area contributed by atoms with Crippen molar-refractivity contribution in [1.82, 2.24) is 0 Å². The first-order valence-corrected chi connectivity index (χ1v) is 5.78. The Morgan fingerprint density at radius 1 is 0.824 bits per heavy atom. The van der Waals surface area contributed by atoms with Crippen LogP contribution < -0.4 is 0 Å². The lowest BCUT2D eigenvalue weighted by molar-refractivity contribution is -0.0199. The zero-order valence-corrected chi connectivity index (χ0v) is 11.8. The van der Waals surface area contributed by atoms with E-state index in [1.807, 2.05) is 20.8 Å². The average Bonchev–Trinajstić information content (AvgIpc) is 2.26. The Hall–Kier alpha value is -0.200. The molecule has 0 spiro atoms. The van der Waals surface area contributed by atoms with Gasteiger partial charge in [-0.05, 0) is 20.8 Å². The van der Waals surface area contributed by atoms with E-state index in [0.29, 0.717) is 33.0 Å². The monoisotopic (exact) mass is 252 g/mol. The van der Waals surface area contributed by atoms with Gasteiger partial charge < -0.3 is 24.1 Å². The molecule has 0 rings (SSSR count). The maximum Gasteiger partial charge on any atom is 0.0704 e. The summed E-state index contributed by atoms with van der Waals surface area (Å²) in [7, 11) is 3.30. The minimum atomic E-state index is -0.108. The summed E-state index contributed by atoms with van der Waals surface area (Å²) in [4.78, 5) is 0. The third-order valence-corrected chi connectivity index (χ3v) is 1.49. The quantitative estimate of drug-likeness (QED) is 0.655. The summed E-state index contributed by atoms with van der Waals surface area (Å²) in [5.74, 6) is 0. The van der Waals surface area contributed by atoms with Crippen LogP contribution in [0.3, 0.4) is 0 Å². The van der Waals surface area contributed by atoms with Gasteiger partial charge >= 0.3 is 0 Å². The largest absolute Gasteiger partial charge is 0.394 e. The second kappa shape index (κ2) is 13.9. The van der Waals surface area contributed by atoms with Gasteiger partial charge in [-0.25, -0.2) is 0 Å². The Kier molecular flexibility index (Phi) is 15.6. The fourth-order valence-corrected chi connectivity index (χ4v) is 0.738. The highest BCUT2D eigenvalue weighted by Crippen LogP contribution is 2.04. The molecular weight excluding hydrogens is 224 g/mol. The topological polar surface area (TPSA) is 57.2 Å². The van der Waals surface area contributed by atoms with E-state index in [2.05, 4.69) is 0 Å². The molecule has 0 fully saturated rings.